The first-order valence-corrected chi connectivity index (χ1v) is 5.49. The summed E-state index contributed by atoms with van der Waals surface area (Å²) in [5.74, 6) is -0.218. The lowest BCUT2D eigenvalue weighted by molar-refractivity contribution is -0.141. The molecule has 0 aliphatic rings. The topological polar surface area (TPSA) is 42.1 Å². The monoisotopic (exact) mass is 221 g/mol. The van der Waals surface area contributed by atoms with Crippen LogP contribution in [-0.2, 0) is 16.0 Å². The zero-order chi connectivity index (χ0) is 10.7. The van der Waals surface area contributed by atoms with Crippen molar-refractivity contribution in [3.8, 4) is 0 Å². The molecule has 0 fully saturated rings. The van der Waals surface area contributed by atoms with Crippen LogP contribution < -0.4 is 0 Å². The van der Waals surface area contributed by atoms with E-state index in [4.69, 9.17) is 4.74 Å². The lowest BCUT2D eigenvalue weighted by Gasteiger charge is -1.99. The molecule has 3 nitrogen and oxygen atoms in total. The molecule has 4 heteroatoms. The average molecular weight is 221 g/mol. The van der Waals surface area contributed by atoms with Crippen LogP contribution in [0.4, 0.5) is 0 Å². The molecule has 2 heterocycles. The molecule has 2 rings (SSSR count). The van der Waals surface area contributed by atoms with E-state index in [0.717, 1.165) is 15.8 Å². The Labute approximate surface area is 91.4 Å². The first-order valence-electron chi connectivity index (χ1n) is 4.61. The van der Waals surface area contributed by atoms with E-state index < -0.39 is 0 Å². The van der Waals surface area contributed by atoms with Crippen molar-refractivity contribution >= 4 is 27.5 Å². The standard InChI is InChI=1S/C11H11NO2S/c1-2-4-14-10(13)6-8-7-12-9-3-5-15-11(8)9/h2-3,5,7,12H,1,4,6H2. The maximum absolute atomic E-state index is 11.4. The molecule has 0 unspecified atom stereocenters. The van der Waals surface area contributed by atoms with Crippen molar-refractivity contribution in [2.24, 2.45) is 0 Å². The van der Waals surface area contributed by atoms with Crippen LogP contribution in [0.1, 0.15) is 5.56 Å². The minimum Gasteiger partial charge on any atom is -0.461 e. The maximum Gasteiger partial charge on any atom is 0.310 e. The molecule has 0 amide bonds. The molecule has 0 aromatic carbocycles. The number of aromatic nitrogens is 1. The Morgan fingerprint density at radius 3 is 3.33 bits per heavy atom. The largest absolute Gasteiger partial charge is 0.461 e. The number of aromatic amines is 1. The zero-order valence-corrected chi connectivity index (χ0v) is 8.97. The second-order valence-corrected chi connectivity index (χ2v) is 4.04. The van der Waals surface area contributed by atoms with Crippen LogP contribution in [0.5, 0.6) is 0 Å². The number of thiophene rings is 1. The summed E-state index contributed by atoms with van der Waals surface area (Å²) in [5.41, 5.74) is 2.07. The molecule has 0 spiro atoms. The SMILES string of the molecule is C=CCOC(=O)Cc1c[nH]c2ccsc12. The molecule has 2 aromatic rings. The van der Waals surface area contributed by atoms with Crippen molar-refractivity contribution in [2.75, 3.05) is 6.61 Å². The van der Waals surface area contributed by atoms with Crippen molar-refractivity contribution in [2.45, 2.75) is 6.42 Å². The molecule has 0 bridgehead atoms. The highest BCUT2D eigenvalue weighted by molar-refractivity contribution is 7.17. The van der Waals surface area contributed by atoms with E-state index in [1.54, 1.807) is 17.4 Å². The average Bonchev–Trinajstić information content (AvgIpc) is 2.80. The summed E-state index contributed by atoms with van der Waals surface area (Å²) in [6.07, 6.45) is 3.74. The number of nitrogens with one attached hydrogen (secondary N) is 1. The van der Waals surface area contributed by atoms with Crippen LogP contribution in [0.3, 0.4) is 0 Å². The van der Waals surface area contributed by atoms with Gasteiger partial charge in [-0.15, -0.1) is 11.3 Å². The number of carbonyl (C=O) groups excluding carboxylic acids is 1. The number of rotatable bonds is 4. The molecule has 2 aromatic heterocycles. The number of hydrogen-bond donors (Lipinski definition) is 1. The second-order valence-electron chi connectivity index (χ2n) is 3.13. The van der Waals surface area contributed by atoms with Crippen LogP contribution in [0.2, 0.25) is 0 Å². The molecule has 0 atom stereocenters. The molecule has 0 saturated carbocycles. The predicted octanol–water partition coefficient (Wildman–Crippen LogP) is 2.50. The fourth-order valence-electron chi connectivity index (χ4n) is 1.39. The highest BCUT2D eigenvalue weighted by atomic mass is 32.1. The van der Waals surface area contributed by atoms with Gasteiger partial charge in [-0.1, -0.05) is 12.7 Å². The van der Waals surface area contributed by atoms with E-state index in [1.807, 2.05) is 17.6 Å². The van der Waals surface area contributed by atoms with Gasteiger partial charge in [-0.25, -0.2) is 0 Å². The number of hydrogen-bond acceptors (Lipinski definition) is 3. The van der Waals surface area contributed by atoms with Gasteiger partial charge in [0.05, 0.1) is 16.6 Å². The van der Waals surface area contributed by atoms with Gasteiger partial charge >= 0.3 is 5.97 Å². The lowest BCUT2D eigenvalue weighted by atomic mass is 10.2. The summed E-state index contributed by atoms with van der Waals surface area (Å²) in [7, 11) is 0. The van der Waals surface area contributed by atoms with E-state index in [-0.39, 0.29) is 12.6 Å². The Bertz CT molecular complexity index is 483. The molecule has 15 heavy (non-hydrogen) atoms. The number of carbonyl (C=O) groups is 1. The van der Waals surface area contributed by atoms with Gasteiger partial charge in [-0.05, 0) is 17.0 Å². The van der Waals surface area contributed by atoms with E-state index in [9.17, 15) is 4.79 Å². The summed E-state index contributed by atoms with van der Waals surface area (Å²) in [4.78, 5) is 14.5. The molecule has 0 radical (unpaired) electrons. The van der Waals surface area contributed by atoms with Gasteiger partial charge in [0.2, 0.25) is 0 Å². The normalized spacial score (nSPS) is 10.4. The highest BCUT2D eigenvalue weighted by Crippen LogP contribution is 2.24. The van der Waals surface area contributed by atoms with Gasteiger partial charge in [0.15, 0.2) is 0 Å². The van der Waals surface area contributed by atoms with Gasteiger partial charge in [0.1, 0.15) is 6.61 Å². The Balaban J connectivity index is 2.09. The summed E-state index contributed by atoms with van der Waals surface area (Å²) in [6, 6.07) is 2.00. The van der Waals surface area contributed by atoms with Gasteiger partial charge < -0.3 is 9.72 Å². The Hall–Kier alpha value is -1.55. The smallest absolute Gasteiger partial charge is 0.310 e. The highest BCUT2D eigenvalue weighted by Gasteiger charge is 2.09. The van der Waals surface area contributed by atoms with E-state index in [0.29, 0.717) is 6.42 Å². The quantitative estimate of drug-likeness (QED) is 0.636. The van der Waals surface area contributed by atoms with Crippen molar-refractivity contribution < 1.29 is 9.53 Å². The third-order valence-electron chi connectivity index (χ3n) is 2.06. The summed E-state index contributed by atoms with van der Waals surface area (Å²) in [6.45, 7) is 3.76. The number of ether oxygens (including phenoxy) is 1. The van der Waals surface area contributed by atoms with Gasteiger partial charge in [-0.3, -0.25) is 4.79 Å². The number of fused-ring (bicyclic) bond motifs is 1. The van der Waals surface area contributed by atoms with E-state index in [2.05, 4.69) is 11.6 Å². The molecular formula is C11H11NO2S. The van der Waals surface area contributed by atoms with Crippen molar-refractivity contribution in [1.82, 2.24) is 4.98 Å². The maximum atomic E-state index is 11.4. The summed E-state index contributed by atoms with van der Waals surface area (Å²) in [5, 5.41) is 2.00. The minimum atomic E-state index is -0.218. The first-order chi connectivity index (χ1) is 7.31. The van der Waals surface area contributed by atoms with Crippen LogP contribution >= 0.6 is 11.3 Å². The first kappa shape index (κ1) is 9.98. The molecular weight excluding hydrogens is 210 g/mol. The number of H-pyrrole nitrogens is 1. The summed E-state index contributed by atoms with van der Waals surface area (Å²) >= 11 is 1.63. The third kappa shape index (κ3) is 2.10. The van der Waals surface area contributed by atoms with Gasteiger partial charge in [0, 0.05) is 6.20 Å². The fraction of sp³-hybridized carbons (Fsp3) is 0.182. The van der Waals surface area contributed by atoms with Crippen molar-refractivity contribution in [3.05, 3.63) is 35.9 Å². The van der Waals surface area contributed by atoms with Crippen LogP contribution in [0.25, 0.3) is 10.2 Å². The van der Waals surface area contributed by atoms with Crippen LogP contribution in [0, 0.1) is 0 Å². The van der Waals surface area contributed by atoms with Gasteiger partial charge in [-0.2, -0.15) is 0 Å². The molecule has 0 saturated heterocycles. The Morgan fingerprint density at radius 2 is 2.53 bits per heavy atom. The van der Waals surface area contributed by atoms with Crippen LogP contribution in [0.15, 0.2) is 30.3 Å². The zero-order valence-electron chi connectivity index (χ0n) is 8.16. The predicted molar refractivity (Wildman–Crippen MR) is 61.0 cm³/mol. The molecule has 0 aliphatic carbocycles. The third-order valence-corrected chi connectivity index (χ3v) is 3.05. The second kappa shape index (κ2) is 4.31. The Morgan fingerprint density at radius 1 is 1.67 bits per heavy atom. The molecule has 1 N–H and O–H groups in total. The van der Waals surface area contributed by atoms with Crippen molar-refractivity contribution in [3.63, 3.8) is 0 Å². The molecule has 0 aliphatic heterocycles. The lowest BCUT2D eigenvalue weighted by Crippen LogP contribution is -2.07. The van der Waals surface area contributed by atoms with Crippen molar-refractivity contribution in [1.29, 1.82) is 0 Å². The number of esters is 1. The summed E-state index contributed by atoms with van der Waals surface area (Å²) < 4.78 is 6.05. The van der Waals surface area contributed by atoms with E-state index >= 15 is 0 Å². The van der Waals surface area contributed by atoms with Crippen LogP contribution in [-0.4, -0.2) is 17.6 Å². The Kier molecular flexibility index (Phi) is 2.87. The minimum absolute atomic E-state index is 0.218. The van der Waals surface area contributed by atoms with Gasteiger partial charge in [0.25, 0.3) is 0 Å². The van der Waals surface area contributed by atoms with E-state index in [1.165, 1.54) is 0 Å². The fourth-order valence-corrected chi connectivity index (χ4v) is 2.27. The molecule has 78 valence electrons.